The average Bonchev–Trinajstić information content (AvgIpc) is 3.43. The summed E-state index contributed by atoms with van der Waals surface area (Å²) in [4.78, 5) is 4.67. The Labute approximate surface area is 156 Å². The lowest BCUT2D eigenvalue weighted by molar-refractivity contribution is 0.465. The van der Waals surface area contributed by atoms with Crippen molar-refractivity contribution in [2.24, 2.45) is 0 Å². The monoisotopic (exact) mass is 357 g/mol. The zero-order valence-corrected chi connectivity index (χ0v) is 14.6. The lowest BCUT2D eigenvalue weighted by Gasteiger charge is -2.11. The third kappa shape index (κ3) is 3.29. The Morgan fingerprint density at radius 3 is 2.67 bits per heavy atom. The number of H-pyrrole nitrogens is 1. The summed E-state index contributed by atoms with van der Waals surface area (Å²) in [6.45, 7) is 0. The highest BCUT2D eigenvalue weighted by atomic mass is 16.5. The molecule has 0 amide bonds. The Balaban J connectivity index is 1.49. The first-order valence-electron chi connectivity index (χ1n) is 9.00. The van der Waals surface area contributed by atoms with Crippen molar-refractivity contribution in [1.82, 2.24) is 15.2 Å². The van der Waals surface area contributed by atoms with Gasteiger partial charge in [-0.2, -0.15) is 10.1 Å². The molecule has 4 N–H and O–H groups in total. The highest BCUT2D eigenvalue weighted by Gasteiger charge is 2.25. The van der Waals surface area contributed by atoms with Crippen molar-refractivity contribution in [3.05, 3.63) is 66.4 Å². The molecular formula is C21H19N5O. The van der Waals surface area contributed by atoms with Gasteiger partial charge in [-0.1, -0.05) is 24.3 Å². The van der Waals surface area contributed by atoms with Crippen LogP contribution in [-0.4, -0.2) is 15.2 Å². The number of fused-ring (bicyclic) bond motifs is 1. The first-order chi connectivity index (χ1) is 13.2. The number of nitrogen functional groups attached to an aromatic ring is 1. The standard InChI is InChI=1S/C21H19N5O/c22-15-7-9-16(10-8-15)27-20-11-14-3-1-2-4-17(14)21(24-20)23-19-12-18(25-26-19)13-5-6-13/h1-4,7-13H,5-6,22H2,(H2,23,24,25,26). The molecule has 0 radical (unpaired) electrons. The number of benzene rings is 2. The molecule has 1 aliphatic carbocycles. The van der Waals surface area contributed by atoms with Crippen LogP contribution in [0.2, 0.25) is 0 Å². The van der Waals surface area contributed by atoms with E-state index in [2.05, 4.69) is 26.6 Å². The fourth-order valence-electron chi connectivity index (χ4n) is 3.10. The van der Waals surface area contributed by atoms with Gasteiger partial charge in [-0.25, -0.2) is 0 Å². The van der Waals surface area contributed by atoms with Crippen LogP contribution in [0.5, 0.6) is 11.6 Å². The number of rotatable bonds is 5. The van der Waals surface area contributed by atoms with Crippen molar-refractivity contribution < 1.29 is 4.74 Å². The Morgan fingerprint density at radius 1 is 1.04 bits per heavy atom. The van der Waals surface area contributed by atoms with E-state index in [1.54, 1.807) is 12.1 Å². The third-order valence-corrected chi connectivity index (χ3v) is 4.68. The van der Waals surface area contributed by atoms with Crippen LogP contribution in [0.1, 0.15) is 24.5 Å². The average molecular weight is 357 g/mol. The second-order valence-corrected chi connectivity index (χ2v) is 6.81. The van der Waals surface area contributed by atoms with Crippen LogP contribution in [0.25, 0.3) is 10.8 Å². The maximum absolute atomic E-state index is 5.94. The number of pyridine rings is 1. The maximum Gasteiger partial charge on any atom is 0.221 e. The van der Waals surface area contributed by atoms with Crippen LogP contribution in [0.4, 0.5) is 17.3 Å². The molecule has 0 spiro atoms. The molecule has 0 unspecified atom stereocenters. The van der Waals surface area contributed by atoms with Crippen LogP contribution < -0.4 is 15.8 Å². The van der Waals surface area contributed by atoms with Crippen molar-refractivity contribution >= 4 is 28.1 Å². The molecule has 1 saturated carbocycles. The molecule has 0 bridgehead atoms. The number of aromatic nitrogens is 3. The van der Waals surface area contributed by atoms with E-state index in [4.69, 9.17) is 10.5 Å². The van der Waals surface area contributed by atoms with Crippen LogP contribution >= 0.6 is 0 Å². The van der Waals surface area contributed by atoms with E-state index in [-0.39, 0.29) is 0 Å². The van der Waals surface area contributed by atoms with Gasteiger partial charge in [-0.15, -0.1) is 0 Å². The normalized spacial score (nSPS) is 13.6. The molecule has 6 heteroatoms. The predicted octanol–water partition coefficient (Wildman–Crippen LogP) is 4.95. The minimum absolute atomic E-state index is 0.513. The van der Waals surface area contributed by atoms with Crippen molar-refractivity contribution in [1.29, 1.82) is 0 Å². The number of nitrogens with one attached hydrogen (secondary N) is 2. The largest absolute Gasteiger partial charge is 0.439 e. The lowest BCUT2D eigenvalue weighted by Crippen LogP contribution is -1.98. The van der Waals surface area contributed by atoms with E-state index in [1.165, 1.54) is 18.5 Å². The van der Waals surface area contributed by atoms with Crippen molar-refractivity contribution in [3.8, 4) is 11.6 Å². The molecule has 0 saturated heterocycles. The van der Waals surface area contributed by atoms with E-state index in [0.717, 1.165) is 16.6 Å². The van der Waals surface area contributed by atoms with Gasteiger partial charge in [0.2, 0.25) is 5.88 Å². The molecular weight excluding hydrogens is 338 g/mol. The van der Waals surface area contributed by atoms with Crippen molar-refractivity contribution in [2.75, 3.05) is 11.1 Å². The zero-order valence-electron chi connectivity index (χ0n) is 14.6. The zero-order chi connectivity index (χ0) is 18.2. The van der Waals surface area contributed by atoms with E-state index in [0.29, 0.717) is 29.1 Å². The van der Waals surface area contributed by atoms with Crippen molar-refractivity contribution in [3.63, 3.8) is 0 Å². The van der Waals surface area contributed by atoms with Gasteiger partial charge in [0.05, 0.1) is 0 Å². The number of anilines is 3. The Hall–Kier alpha value is -3.54. The first-order valence-corrected chi connectivity index (χ1v) is 9.00. The first kappa shape index (κ1) is 15.7. The van der Waals surface area contributed by atoms with E-state index in [9.17, 15) is 0 Å². The van der Waals surface area contributed by atoms with Gasteiger partial charge in [-0.3, -0.25) is 5.10 Å². The molecule has 2 aromatic heterocycles. The highest BCUT2D eigenvalue weighted by Crippen LogP contribution is 2.40. The van der Waals surface area contributed by atoms with Crippen LogP contribution in [0.3, 0.4) is 0 Å². The van der Waals surface area contributed by atoms with Gasteiger partial charge in [0, 0.05) is 34.8 Å². The highest BCUT2D eigenvalue weighted by molar-refractivity contribution is 5.93. The number of ether oxygens (including phenoxy) is 1. The summed E-state index contributed by atoms with van der Waals surface area (Å²) in [5.41, 5.74) is 7.61. The molecule has 1 aliphatic rings. The predicted molar refractivity (Wildman–Crippen MR) is 107 cm³/mol. The molecule has 1 fully saturated rings. The van der Waals surface area contributed by atoms with Crippen LogP contribution in [-0.2, 0) is 0 Å². The molecule has 0 atom stereocenters. The van der Waals surface area contributed by atoms with Gasteiger partial charge in [0.15, 0.2) is 5.82 Å². The second kappa shape index (κ2) is 6.32. The number of nitrogens with zero attached hydrogens (tertiary/aromatic N) is 2. The Morgan fingerprint density at radius 2 is 1.85 bits per heavy atom. The summed E-state index contributed by atoms with van der Waals surface area (Å²) < 4.78 is 5.94. The molecule has 0 aliphatic heterocycles. The topological polar surface area (TPSA) is 88.9 Å². The maximum atomic E-state index is 5.94. The number of aromatic amines is 1. The van der Waals surface area contributed by atoms with E-state index >= 15 is 0 Å². The Bertz CT molecular complexity index is 1100. The van der Waals surface area contributed by atoms with Gasteiger partial charge in [0.1, 0.15) is 11.6 Å². The third-order valence-electron chi connectivity index (χ3n) is 4.68. The van der Waals surface area contributed by atoms with E-state index in [1.807, 2.05) is 42.5 Å². The quantitative estimate of drug-likeness (QED) is 0.440. The molecule has 5 rings (SSSR count). The van der Waals surface area contributed by atoms with Gasteiger partial charge >= 0.3 is 0 Å². The van der Waals surface area contributed by atoms with Crippen LogP contribution in [0, 0.1) is 0 Å². The molecule has 134 valence electrons. The number of hydrogen-bond acceptors (Lipinski definition) is 5. The van der Waals surface area contributed by atoms with E-state index < -0.39 is 0 Å². The summed E-state index contributed by atoms with van der Waals surface area (Å²) >= 11 is 0. The summed E-state index contributed by atoms with van der Waals surface area (Å²) in [7, 11) is 0. The van der Waals surface area contributed by atoms with Gasteiger partial charge < -0.3 is 15.8 Å². The SMILES string of the molecule is Nc1ccc(Oc2cc3ccccc3c(Nc3cc(C4CC4)[nH]n3)n2)cc1. The lowest BCUT2D eigenvalue weighted by atomic mass is 10.1. The number of hydrogen-bond donors (Lipinski definition) is 3. The second-order valence-electron chi connectivity index (χ2n) is 6.81. The molecule has 4 aromatic rings. The Kier molecular flexibility index (Phi) is 3.67. The summed E-state index contributed by atoms with van der Waals surface area (Å²) in [6.07, 6.45) is 2.46. The van der Waals surface area contributed by atoms with Crippen LogP contribution in [0.15, 0.2) is 60.7 Å². The van der Waals surface area contributed by atoms with Gasteiger partial charge in [-0.05, 0) is 42.5 Å². The van der Waals surface area contributed by atoms with Crippen molar-refractivity contribution in [2.45, 2.75) is 18.8 Å². The minimum Gasteiger partial charge on any atom is -0.439 e. The summed E-state index contributed by atoms with van der Waals surface area (Å²) in [6, 6.07) is 19.3. The molecule has 2 heterocycles. The summed E-state index contributed by atoms with van der Waals surface area (Å²) in [5, 5.41) is 12.9. The van der Waals surface area contributed by atoms with Gasteiger partial charge in [0.25, 0.3) is 0 Å². The molecule has 6 nitrogen and oxygen atoms in total. The fraction of sp³-hybridized carbons (Fsp3) is 0.143. The molecule has 2 aromatic carbocycles. The summed E-state index contributed by atoms with van der Waals surface area (Å²) in [5.74, 6) is 3.30. The minimum atomic E-state index is 0.513. The molecule has 27 heavy (non-hydrogen) atoms. The number of nitrogens with two attached hydrogens (primary N) is 1. The smallest absolute Gasteiger partial charge is 0.221 e. The fourth-order valence-corrected chi connectivity index (χ4v) is 3.10.